The van der Waals surface area contributed by atoms with Gasteiger partial charge < -0.3 is 15.5 Å². The van der Waals surface area contributed by atoms with Crippen LogP contribution in [0.1, 0.15) is 6.92 Å². The largest absolute Gasteiger partial charge is 0.322 e. The average Bonchev–Trinajstić information content (AvgIpc) is 2.32. The van der Waals surface area contributed by atoms with Crippen LogP contribution in [0.3, 0.4) is 0 Å². The molecule has 0 saturated carbocycles. The molecule has 1 aliphatic heterocycles. The molecule has 1 aliphatic rings. The molecule has 92 valence electrons. The highest BCUT2D eigenvalue weighted by atomic mass is 127. The van der Waals surface area contributed by atoms with Gasteiger partial charge in [-0.3, -0.25) is 0 Å². The second-order valence-corrected chi connectivity index (χ2v) is 5.43. The molecule has 1 fully saturated rings. The number of benzene rings is 1. The summed E-state index contributed by atoms with van der Waals surface area (Å²) in [7, 11) is 0. The van der Waals surface area contributed by atoms with Crippen LogP contribution in [0.4, 0.5) is 10.5 Å². The van der Waals surface area contributed by atoms with E-state index in [0.717, 1.165) is 28.9 Å². The van der Waals surface area contributed by atoms with Crippen molar-refractivity contribution in [2.45, 2.75) is 13.0 Å². The lowest BCUT2D eigenvalue weighted by atomic mass is 10.2. The van der Waals surface area contributed by atoms with Crippen molar-refractivity contribution in [2.75, 3.05) is 25.0 Å². The number of carbonyl (C=O) groups is 1. The zero-order valence-electron chi connectivity index (χ0n) is 9.74. The highest BCUT2D eigenvalue weighted by Crippen LogP contribution is 2.13. The average molecular weight is 345 g/mol. The Morgan fingerprint density at radius 2 is 2.18 bits per heavy atom. The second-order valence-electron chi connectivity index (χ2n) is 4.18. The van der Waals surface area contributed by atoms with E-state index < -0.39 is 0 Å². The van der Waals surface area contributed by atoms with Crippen molar-refractivity contribution in [2.24, 2.45) is 0 Å². The minimum atomic E-state index is -0.0137. The normalized spacial score (nSPS) is 20.1. The minimum Gasteiger partial charge on any atom is -0.319 e. The van der Waals surface area contributed by atoms with Crippen LogP contribution < -0.4 is 10.6 Å². The first kappa shape index (κ1) is 12.6. The van der Waals surface area contributed by atoms with E-state index in [4.69, 9.17) is 0 Å². The first-order chi connectivity index (χ1) is 8.16. The van der Waals surface area contributed by atoms with Gasteiger partial charge in [0.15, 0.2) is 0 Å². The third-order valence-corrected chi connectivity index (χ3v) is 3.58. The number of urea groups is 1. The van der Waals surface area contributed by atoms with Gasteiger partial charge in [0, 0.05) is 34.9 Å². The van der Waals surface area contributed by atoms with Crippen molar-refractivity contribution in [3.63, 3.8) is 0 Å². The number of amides is 2. The number of rotatable bonds is 1. The van der Waals surface area contributed by atoms with E-state index in [9.17, 15) is 4.79 Å². The molecule has 2 amide bonds. The van der Waals surface area contributed by atoms with Crippen LogP contribution in [0.5, 0.6) is 0 Å². The molecule has 1 atom stereocenters. The summed E-state index contributed by atoms with van der Waals surface area (Å²) in [5.41, 5.74) is 0.848. The van der Waals surface area contributed by atoms with Gasteiger partial charge in [-0.25, -0.2) is 4.79 Å². The molecule has 0 aromatic heterocycles. The van der Waals surface area contributed by atoms with Gasteiger partial charge in [-0.2, -0.15) is 0 Å². The number of nitrogens with one attached hydrogen (secondary N) is 2. The fourth-order valence-electron chi connectivity index (χ4n) is 1.87. The van der Waals surface area contributed by atoms with Gasteiger partial charge in [0.05, 0.1) is 0 Å². The Morgan fingerprint density at radius 3 is 2.82 bits per heavy atom. The summed E-state index contributed by atoms with van der Waals surface area (Å²) >= 11 is 2.25. The molecule has 1 saturated heterocycles. The SMILES string of the molecule is C[C@@H]1CNCCN1C(=O)Nc1ccc(I)cc1. The van der Waals surface area contributed by atoms with E-state index in [1.165, 1.54) is 0 Å². The van der Waals surface area contributed by atoms with Gasteiger partial charge >= 0.3 is 6.03 Å². The maximum absolute atomic E-state index is 12.0. The zero-order valence-corrected chi connectivity index (χ0v) is 11.9. The monoisotopic (exact) mass is 345 g/mol. The quantitative estimate of drug-likeness (QED) is 0.766. The smallest absolute Gasteiger partial charge is 0.319 e. The molecule has 0 bridgehead atoms. The standard InChI is InChI=1S/C12H16IN3O/c1-9-8-14-6-7-16(9)12(17)15-11-4-2-10(13)3-5-11/h2-5,9,14H,6-8H2,1H3,(H,15,17)/t9-/m1/s1. The predicted octanol–water partition coefficient (Wildman–Crippen LogP) is 2.12. The lowest BCUT2D eigenvalue weighted by molar-refractivity contribution is 0.177. The number of nitrogens with zero attached hydrogens (tertiary/aromatic N) is 1. The fraction of sp³-hybridized carbons (Fsp3) is 0.417. The molecular formula is C12H16IN3O. The molecule has 2 rings (SSSR count). The second kappa shape index (κ2) is 5.68. The molecule has 17 heavy (non-hydrogen) atoms. The predicted molar refractivity (Wildman–Crippen MR) is 77.2 cm³/mol. The molecule has 2 N–H and O–H groups in total. The van der Waals surface area contributed by atoms with Gasteiger partial charge in [0.2, 0.25) is 0 Å². The highest BCUT2D eigenvalue weighted by molar-refractivity contribution is 14.1. The van der Waals surface area contributed by atoms with Crippen LogP contribution in [0.2, 0.25) is 0 Å². The summed E-state index contributed by atoms with van der Waals surface area (Å²) in [4.78, 5) is 13.9. The van der Waals surface area contributed by atoms with Crippen LogP contribution in [0.25, 0.3) is 0 Å². The Balaban J connectivity index is 1.98. The van der Waals surface area contributed by atoms with Gasteiger partial charge in [0.25, 0.3) is 0 Å². The van der Waals surface area contributed by atoms with Gasteiger partial charge in [0.1, 0.15) is 0 Å². The van der Waals surface area contributed by atoms with E-state index in [1.54, 1.807) is 0 Å². The molecule has 0 radical (unpaired) electrons. The number of hydrogen-bond acceptors (Lipinski definition) is 2. The maximum atomic E-state index is 12.0. The lowest BCUT2D eigenvalue weighted by Gasteiger charge is -2.33. The first-order valence-electron chi connectivity index (χ1n) is 5.71. The van der Waals surface area contributed by atoms with Crippen LogP contribution in [-0.4, -0.2) is 36.6 Å². The Kier molecular flexibility index (Phi) is 4.22. The summed E-state index contributed by atoms with van der Waals surface area (Å²) in [5, 5.41) is 6.19. The number of anilines is 1. The Bertz CT molecular complexity index is 393. The van der Waals surface area contributed by atoms with E-state index in [0.29, 0.717) is 0 Å². The minimum absolute atomic E-state index is 0.0137. The third kappa shape index (κ3) is 3.32. The van der Waals surface area contributed by atoms with Gasteiger partial charge in [-0.15, -0.1) is 0 Å². The number of hydrogen-bond donors (Lipinski definition) is 2. The molecule has 1 aromatic rings. The van der Waals surface area contributed by atoms with E-state index in [-0.39, 0.29) is 12.1 Å². The van der Waals surface area contributed by atoms with Gasteiger partial charge in [-0.1, -0.05) is 0 Å². The fourth-order valence-corrected chi connectivity index (χ4v) is 2.23. The third-order valence-electron chi connectivity index (χ3n) is 2.86. The van der Waals surface area contributed by atoms with Crippen LogP contribution >= 0.6 is 22.6 Å². The Morgan fingerprint density at radius 1 is 1.47 bits per heavy atom. The van der Waals surface area contributed by atoms with Crippen molar-refractivity contribution in [1.82, 2.24) is 10.2 Å². The summed E-state index contributed by atoms with van der Waals surface area (Å²) in [6.45, 7) is 4.54. The number of piperazine rings is 1. The Hall–Kier alpha value is -0.820. The van der Waals surface area contributed by atoms with Crippen molar-refractivity contribution in [3.05, 3.63) is 27.8 Å². The van der Waals surface area contributed by atoms with Gasteiger partial charge in [-0.05, 0) is 53.8 Å². The van der Waals surface area contributed by atoms with Crippen molar-refractivity contribution < 1.29 is 4.79 Å². The van der Waals surface area contributed by atoms with Crippen LogP contribution in [0.15, 0.2) is 24.3 Å². The van der Waals surface area contributed by atoms with E-state index in [2.05, 4.69) is 40.1 Å². The Labute approximate surface area is 115 Å². The van der Waals surface area contributed by atoms with Crippen molar-refractivity contribution in [1.29, 1.82) is 0 Å². The summed E-state index contributed by atoms with van der Waals surface area (Å²) in [6, 6.07) is 8.04. The molecule has 0 unspecified atom stereocenters. The van der Waals surface area contributed by atoms with Crippen molar-refractivity contribution in [3.8, 4) is 0 Å². The highest BCUT2D eigenvalue weighted by Gasteiger charge is 2.22. The van der Waals surface area contributed by atoms with E-state index >= 15 is 0 Å². The molecule has 4 nitrogen and oxygen atoms in total. The summed E-state index contributed by atoms with van der Waals surface area (Å²) in [6.07, 6.45) is 0. The zero-order chi connectivity index (χ0) is 12.3. The molecular weight excluding hydrogens is 329 g/mol. The number of carbonyl (C=O) groups excluding carboxylic acids is 1. The van der Waals surface area contributed by atoms with E-state index in [1.807, 2.05) is 29.2 Å². The molecule has 1 aromatic carbocycles. The molecule has 0 aliphatic carbocycles. The van der Waals surface area contributed by atoms with Crippen molar-refractivity contribution >= 4 is 34.3 Å². The van der Waals surface area contributed by atoms with Crippen LogP contribution in [0, 0.1) is 3.57 Å². The number of halogens is 1. The molecule has 5 heteroatoms. The summed E-state index contributed by atoms with van der Waals surface area (Å²) < 4.78 is 1.16. The topological polar surface area (TPSA) is 44.4 Å². The first-order valence-corrected chi connectivity index (χ1v) is 6.78. The molecule has 0 spiro atoms. The maximum Gasteiger partial charge on any atom is 0.322 e. The van der Waals surface area contributed by atoms with Crippen LogP contribution in [-0.2, 0) is 0 Å². The lowest BCUT2D eigenvalue weighted by Crippen LogP contribution is -2.53. The summed E-state index contributed by atoms with van der Waals surface area (Å²) in [5.74, 6) is 0. The molecule has 1 heterocycles.